The molecule has 1 atom stereocenters. The van der Waals surface area contributed by atoms with Crippen molar-refractivity contribution in [3.8, 4) is 0 Å². The topological polar surface area (TPSA) is 59.8 Å². The molecule has 164 valence electrons. The van der Waals surface area contributed by atoms with Crippen molar-refractivity contribution in [1.29, 1.82) is 0 Å². The standard InChI is InChI=1S/C25H25ClN4OS/c1-4-22(24(31)28-21-14-19(26)12-9-17(21)3)30-23-20(6-5-13-27-23)29-25(30)32-15-18-10-7-16(2)8-11-18/h5-14,22H,4,15H2,1-3H3,(H,28,31)/t22-/m0/s1. The minimum atomic E-state index is -0.450. The lowest BCUT2D eigenvalue weighted by Gasteiger charge is -2.20. The number of aromatic nitrogens is 3. The Morgan fingerprint density at radius 3 is 2.69 bits per heavy atom. The van der Waals surface area contributed by atoms with Gasteiger partial charge in [-0.3, -0.25) is 9.36 Å². The molecule has 4 rings (SSSR count). The van der Waals surface area contributed by atoms with Crippen molar-refractivity contribution >= 4 is 46.1 Å². The number of aryl methyl sites for hydroxylation is 2. The molecule has 0 aliphatic heterocycles. The smallest absolute Gasteiger partial charge is 0.247 e. The summed E-state index contributed by atoms with van der Waals surface area (Å²) in [4.78, 5) is 22.7. The van der Waals surface area contributed by atoms with Gasteiger partial charge in [0.05, 0.1) is 0 Å². The van der Waals surface area contributed by atoms with Crippen LogP contribution >= 0.6 is 23.4 Å². The maximum absolute atomic E-state index is 13.4. The number of pyridine rings is 1. The normalized spacial score (nSPS) is 12.1. The van der Waals surface area contributed by atoms with Gasteiger partial charge in [0.1, 0.15) is 11.6 Å². The first kappa shape index (κ1) is 22.4. The number of nitrogens with zero attached hydrogens (tertiary/aromatic N) is 3. The van der Waals surface area contributed by atoms with Gasteiger partial charge in [0.15, 0.2) is 10.8 Å². The van der Waals surface area contributed by atoms with Crippen LogP contribution in [-0.2, 0) is 10.5 Å². The first-order valence-corrected chi connectivity index (χ1v) is 11.9. The third kappa shape index (κ3) is 4.81. The van der Waals surface area contributed by atoms with Gasteiger partial charge in [0, 0.05) is 22.7 Å². The van der Waals surface area contributed by atoms with Crippen LogP contribution in [0.25, 0.3) is 11.2 Å². The van der Waals surface area contributed by atoms with Crippen molar-refractivity contribution in [2.75, 3.05) is 5.32 Å². The Bertz CT molecular complexity index is 1250. The van der Waals surface area contributed by atoms with E-state index >= 15 is 0 Å². The summed E-state index contributed by atoms with van der Waals surface area (Å²) >= 11 is 7.76. The number of fused-ring (bicyclic) bond motifs is 1. The maximum atomic E-state index is 13.4. The van der Waals surface area contributed by atoms with Crippen molar-refractivity contribution < 1.29 is 4.79 Å². The Balaban J connectivity index is 1.67. The molecule has 0 aliphatic carbocycles. The van der Waals surface area contributed by atoms with Crippen LogP contribution in [0, 0.1) is 13.8 Å². The lowest BCUT2D eigenvalue weighted by Crippen LogP contribution is -2.26. The monoisotopic (exact) mass is 464 g/mol. The minimum Gasteiger partial charge on any atom is -0.324 e. The number of thioether (sulfide) groups is 1. The average molecular weight is 465 g/mol. The third-order valence-corrected chi connectivity index (χ3v) is 6.62. The highest BCUT2D eigenvalue weighted by Gasteiger charge is 2.25. The zero-order valence-electron chi connectivity index (χ0n) is 18.3. The molecule has 7 heteroatoms. The number of halogens is 1. The second-order valence-corrected chi connectivity index (χ2v) is 9.14. The molecular weight excluding hydrogens is 440 g/mol. The molecule has 0 unspecified atom stereocenters. The quantitative estimate of drug-likeness (QED) is 0.313. The summed E-state index contributed by atoms with van der Waals surface area (Å²) in [5.74, 6) is 0.648. The van der Waals surface area contributed by atoms with Crippen molar-refractivity contribution in [2.45, 2.75) is 44.1 Å². The number of carbonyl (C=O) groups excluding carboxylic acids is 1. The van der Waals surface area contributed by atoms with E-state index in [4.69, 9.17) is 16.6 Å². The second kappa shape index (κ2) is 9.76. The summed E-state index contributed by atoms with van der Waals surface area (Å²) in [7, 11) is 0. The third-order valence-electron chi connectivity index (χ3n) is 5.36. The summed E-state index contributed by atoms with van der Waals surface area (Å²) in [6, 6.07) is 17.3. The number of nitrogens with one attached hydrogen (secondary N) is 1. The van der Waals surface area contributed by atoms with Crippen LogP contribution in [-0.4, -0.2) is 20.4 Å². The van der Waals surface area contributed by atoms with Gasteiger partial charge in [-0.05, 0) is 55.7 Å². The number of carbonyl (C=O) groups is 1. The molecule has 2 heterocycles. The largest absolute Gasteiger partial charge is 0.324 e. The van der Waals surface area contributed by atoms with E-state index < -0.39 is 6.04 Å². The number of benzene rings is 2. The van der Waals surface area contributed by atoms with Crippen molar-refractivity contribution in [2.24, 2.45) is 0 Å². The van der Waals surface area contributed by atoms with Gasteiger partial charge >= 0.3 is 0 Å². The molecule has 2 aromatic carbocycles. The Labute approximate surface area is 197 Å². The first-order valence-electron chi connectivity index (χ1n) is 10.5. The Kier molecular flexibility index (Phi) is 6.82. The van der Waals surface area contributed by atoms with Gasteiger partial charge in [0.25, 0.3) is 0 Å². The number of rotatable bonds is 7. The van der Waals surface area contributed by atoms with Crippen LogP contribution in [0.4, 0.5) is 5.69 Å². The Morgan fingerprint density at radius 1 is 1.16 bits per heavy atom. The van der Waals surface area contributed by atoms with Gasteiger partial charge in [-0.15, -0.1) is 0 Å². The van der Waals surface area contributed by atoms with Crippen LogP contribution in [0.5, 0.6) is 0 Å². The zero-order valence-corrected chi connectivity index (χ0v) is 19.9. The summed E-state index contributed by atoms with van der Waals surface area (Å²) in [5.41, 5.74) is 5.61. The molecular formula is C25H25ClN4OS. The predicted octanol–water partition coefficient (Wildman–Crippen LogP) is 6.58. The molecule has 2 aromatic heterocycles. The van der Waals surface area contributed by atoms with Gasteiger partial charge in [-0.2, -0.15) is 0 Å². The molecule has 0 radical (unpaired) electrons. The molecule has 0 saturated heterocycles. The van der Waals surface area contributed by atoms with Gasteiger partial charge in [-0.1, -0.05) is 66.2 Å². The molecule has 0 aliphatic rings. The second-order valence-electron chi connectivity index (χ2n) is 7.76. The zero-order chi connectivity index (χ0) is 22.7. The predicted molar refractivity (Wildman–Crippen MR) is 132 cm³/mol. The van der Waals surface area contributed by atoms with E-state index in [2.05, 4.69) is 41.5 Å². The summed E-state index contributed by atoms with van der Waals surface area (Å²) in [5, 5.41) is 4.42. The lowest BCUT2D eigenvalue weighted by molar-refractivity contribution is -0.119. The highest BCUT2D eigenvalue weighted by molar-refractivity contribution is 7.98. The maximum Gasteiger partial charge on any atom is 0.247 e. The SMILES string of the molecule is CC[C@@H](C(=O)Nc1cc(Cl)ccc1C)n1c(SCc2ccc(C)cc2)nc2cccnc21. The molecule has 32 heavy (non-hydrogen) atoms. The number of imidazole rings is 1. The van der Waals surface area contributed by atoms with Crippen LogP contribution in [0.1, 0.15) is 36.1 Å². The van der Waals surface area contributed by atoms with Crippen molar-refractivity contribution in [3.05, 3.63) is 82.5 Å². The van der Waals surface area contributed by atoms with Gasteiger partial charge in [0.2, 0.25) is 5.91 Å². The average Bonchev–Trinajstić information content (AvgIpc) is 3.15. The van der Waals surface area contributed by atoms with E-state index in [9.17, 15) is 4.79 Å². The molecule has 1 N–H and O–H groups in total. The molecule has 0 fully saturated rings. The number of hydrogen-bond acceptors (Lipinski definition) is 4. The van der Waals surface area contributed by atoms with Crippen molar-refractivity contribution in [1.82, 2.24) is 14.5 Å². The van der Waals surface area contributed by atoms with E-state index in [1.54, 1.807) is 24.0 Å². The molecule has 4 aromatic rings. The number of anilines is 1. The molecule has 0 saturated carbocycles. The Morgan fingerprint density at radius 2 is 1.94 bits per heavy atom. The van der Waals surface area contributed by atoms with Crippen LogP contribution in [0.15, 0.2) is 66.0 Å². The molecule has 1 amide bonds. The number of amides is 1. The highest BCUT2D eigenvalue weighted by Crippen LogP contribution is 2.31. The van der Waals surface area contributed by atoms with Gasteiger partial charge < -0.3 is 5.32 Å². The first-order chi connectivity index (χ1) is 15.5. The fourth-order valence-corrected chi connectivity index (χ4v) is 4.73. The van der Waals surface area contributed by atoms with E-state index in [1.807, 2.05) is 42.7 Å². The van der Waals surface area contributed by atoms with Gasteiger partial charge in [-0.25, -0.2) is 9.97 Å². The Hall–Kier alpha value is -2.83. The van der Waals surface area contributed by atoms with E-state index in [1.165, 1.54) is 11.1 Å². The fourth-order valence-electron chi connectivity index (χ4n) is 3.55. The van der Waals surface area contributed by atoms with Crippen molar-refractivity contribution in [3.63, 3.8) is 0 Å². The fraction of sp³-hybridized carbons (Fsp3) is 0.240. The van der Waals surface area contributed by atoms with E-state index in [-0.39, 0.29) is 5.91 Å². The van der Waals surface area contributed by atoms with Crippen LogP contribution in [0.2, 0.25) is 5.02 Å². The molecule has 0 bridgehead atoms. The minimum absolute atomic E-state index is 0.111. The van der Waals surface area contributed by atoms with E-state index in [0.29, 0.717) is 22.8 Å². The molecule has 0 spiro atoms. The lowest BCUT2D eigenvalue weighted by atomic mass is 10.1. The molecule has 5 nitrogen and oxygen atoms in total. The highest BCUT2D eigenvalue weighted by atomic mass is 35.5. The summed E-state index contributed by atoms with van der Waals surface area (Å²) in [6.07, 6.45) is 2.34. The van der Waals surface area contributed by atoms with E-state index in [0.717, 1.165) is 22.0 Å². The number of hydrogen-bond donors (Lipinski definition) is 1. The summed E-state index contributed by atoms with van der Waals surface area (Å²) in [6.45, 7) is 6.02. The van der Waals surface area contributed by atoms with Crippen LogP contribution in [0.3, 0.4) is 0 Å². The summed E-state index contributed by atoms with van der Waals surface area (Å²) < 4.78 is 1.96. The van der Waals surface area contributed by atoms with Crippen LogP contribution < -0.4 is 5.32 Å².